The molecule has 0 saturated heterocycles. The van der Waals surface area contributed by atoms with Crippen molar-refractivity contribution in [1.29, 1.82) is 0 Å². The molecule has 0 aromatic carbocycles. The molecule has 0 radical (unpaired) electrons. The molecule has 6 heteroatoms. The molecule has 3 rings (SSSR count). The Morgan fingerprint density at radius 2 is 1.74 bits per heavy atom. The number of hydrogen-bond acceptors (Lipinski definition) is 3. The lowest BCUT2D eigenvalue weighted by Crippen LogP contribution is -2.56. The molecule has 2 N–H and O–H groups in total. The van der Waals surface area contributed by atoms with Gasteiger partial charge in [-0.1, -0.05) is 0 Å². The third-order valence-electron chi connectivity index (χ3n) is 5.76. The molecule has 3 aliphatic carbocycles. The van der Waals surface area contributed by atoms with E-state index in [9.17, 15) is 13.6 Å². The summed E-state index contributed by atoms with van der Waals surface area (Å²) in [5, 5.41) is 12.7. The molecule has 0 bridgehead atoms. The van der Waals surface area contributed by atoms with E-state index in [0.29, 0.717) is 36.9 Å². The van der Waals surface area contributed by atoms with Crippen LogP contribution in [0.1, 0.15) is 51.4 Å². The van der Waals surface area contributed by atoms with E-state index in [2.05, 4.69) is 10.2 Å². The van der Waals surface area contributed by atoms with Crippen LogP contribution >= 0.6 is 0 Å². The summed E-state index contributed by atoms with van der Waals surface area (Å²) in [4.78, 5) is 13.2. The Kier molecular flexibility index (Phi) is 5.52. The smallest absolute Gasteiger partial charge is 0.317 e. The first-order chi connectivity index (χ1) is 11.0. The van der Waals surface area contributed by atoms with Gasteiger partial charge in [-0.15, -0.1) is 0 Å². The molecule has 0 aromatic rings. The maximum Gasteiger partial charge on any atom is 0.317 e. The van der Waals surface area contributed by atoms with Crippen molar-refractivity contribution in [2.75, 3.05) is 13.1 Å². The van der Waals surface area contributed by atoms with Gasteiger partial charge in [-0.2, -0.15) is 0 Å². The SMILES string of the molecule is O=C(O)CN(CC1CC1)C1CC(NC2CCC(C(F)F)CC2)C1. The molecule has 3 aliphatic rings. The van der Waals surface area contributed by atoms with Crippen molar-refractivity contribution in [1.82, 2.24) is 10.2 Å². The molecule has 0 amide bonds. The zero-order valence-electron chi connectivity index (χ0n) is 13.6. The number of carboxylic acids is 1. The second-order valence-electron chi connectivity index (χ2n) is 7.70. The first-order valence-electron chi connectivity index (χ1n) is 9.01. The monoisotopic (exact) mass is 330 g/mol. The van der Waals surface area contributed by atoms with Gasteiger partial charge in [0.25, 0.3) is 0 Å². The second kappa shape index (κ2) is 7.43. The van der Waals surface area contributed by atoms with E-state index in [1.165, 1.54) is 12.8 Å². The second-order valence-corrected chi connectivity index (χ2v) is 7.70. The van der Waals surface area contributed by atoms with Crippen LogP contribution in [0, 0.1) is 11.8 Å². The van der Waals surface area contributed by atoms with Gasteiger partial charge >= 0.3 is 5.97 Å². The molecule has 0 heterocycles. The standard InChI is InChI=1S/C17H28F2N2O2/c18-17(19)12-3-5-13(6-4-12)20-14-7-15(8-14)21(10-16(22)23)9-11-1-2-11/h11-15,17,20H,1-10H2,(H,22,23). The molecular weight excluding hydrogens is 302 g/mol. The molecule has 0 atom stereocenters. The van der Waals surface area contributed by atoms with E-state index in [4.69, 9.17) is 5.11 Å². The van der Waals surface area contributed by atoms with E-state index in [1.807, 2.05) is 0 Å². The number of aliphatic carboxylic acids is 1. The molecule has 3 fully saturated rings. The fraction of sp³-hybridized carbons (Fsp3) is 0.941. The minimum absolute atomic E-state index is 0.146. The van der Waals surface area contributed by atoms with Crippen LogP contribution in [0.3, 0.4) is 0 Å². The number of alkyl halides is 2. The minimum Gasteiger partial charge on any atom is -0.480 e. The number of nitrogens with zero attached hydrogens (tertiary/aromatic N) is 1. The average molecular weight is 330 g/mol. The fourth-order valence-electron chi connectivity index (χ4n) is 4.04. The highest BCUT2D eigenvalue weighted by Gasteiger charge is 2.38. The summed E-state index contributed by atoms with van der Waals surface area (Å²) in [6.45, 7) is 1.07. The van der Waals surface area contributed by atoms with Crippen LogP contribution in [-0.4, -0.2) is 53.6 Å². The van der Waals surface area contributed by atoms with Crippen LogP contribution in [-0.2, 0) is 4.79 Å². The Morgan fingerprint density at radius 1 is 1.09 bits per heavy atom. The summed E-state index contributed by atoms with van der Waals surface area (Å²) in [7, 11) is 0. The van der Waals surface area contributed by atoms with Crippen molar-refractivity contribution in [3.63, 3.8) is 0 Å². The van der Waals surface area contributed by atoms with E-state index < -0.39 is 18.3 Å². The molecule has 0 aromatic heterocycles. The van der Waals surface area contributed by atoms with Crippen molar-refractivity contribution in [2.24, 2.45) is 11.8 Å². The normalized spacial score (nSPS) is 34.6. The molecule has 132 valence electrons. The first-order valence-corrected chi connectivity index (χ1v) is 9.01. The van der Waals surface area contributed by atoms with Crippen LogP contribution in [0.25, 0.3) is 0 Å². The molecule has 0 spiro atoms. The van der Waals surface area contributed by atoms with Crippen LogP contribution in [0.2, 0.25) is 0 Å². The Labute approximate surface area is 136 Å². The summed E-state index contributed by atoms with van der Waals surface area (Å²) in [6.07, 6.45) is 5.22. The predicted molar refractivity (Wildman–Crippen MR) is 83.6 cm³/mol. The molecule has 23 heavy (non-hydrogen) atoms. The largest absolute Gasteiger partial charge is 0.480 e. The highest BCUT2D eigenvalue weighted by atomic mass is 19.3. The lowest BCUT2D eigenvalue weighted by atomic mass is 9.81. The topological polar surface area (TPSA) is 52.6 Å². The lowest BCUT2D eigenvalue weighted by molar-refractivity contribution is -0.139. The van der Waals surface area contributed by atoms with Gasteiger partial charge in [0, 0.05) is 30.6 Å². The molecule has 0 aliphatic heterocycles. The van der Waals surface area contributed by atoms with E-state index in [-0.39, 0.29) is 6.54 Å². The number of carboxylic acid groups (broad SMARTS) is 1. The minimum atomic E-state index is -2.17. The number of halogens is 2. The highest BCUT2D eigenvalue weighted by Crippen LogP contribution is 2.35. The van der Waals surface area contributed by atoms with Gasteiger partial charge in [-0.05, 0) is 57.3 Å². The zero-order chi connectivity index (χ0) is 16.4. The third kappa shape index (κ3) is 4.86. The van der Waals surface area contributed by atoms with Crippen molar-refractivity contribution in [3.8, 4) is 0 Å². The average Bonchev–Trinajstić information content (AvgIpc) is 3.25. The fourth-order valence-corrected chi connectivity index (χ4v) is 4.04. The van der Waals surface area contributed by atoms with Gasteiger partial charge in [0.05, 0.1) is 6.54 Å². The zero-order valence-corrected chi connectivity index (χ0v) is 13.6. The van der Waals surface area contributed by atoms with Gasteiger partial charge < -0.3 is 10.4 Å². The van der Waals surface area contributed by atoms with Crippen LogP contribution < -0.4 is 5.32 Å². The van der Waals surface area contributed by atoms with Gasteiger partial charge in [0.2, 0.25) is 6.43 Å². The van der Waals surface area contributed by atoms with Gasteiger partial charge in [-0.25, -0.2) is 8.78 Å². The van der Waals surface area contributed by atoms with Crippen LogP contribution in [0.4, 0.5) is 8.78 Å². The number of nitrogens with one attached hydrogen (secondary N) is 1. The highest BCUT2D eigenvalue weighted by molar-refractivity contribution is 5.69. The maximum absolute atomic E-state index is 12.7. The summed E-state index contributed by atoms with van der Waals surface area (Å²) < 4.78 is 25.3. The lowest BCUT2D eigenvalue weighted by Gasteiger charge is -2.45. The third-order valence-corrected chi connectivity index (χ3v) is 5.76. The van der Waals surface area contributed by atoms with Gasteiger partial charge in [0.15, 0.2) is 0 Å². The summed E-state index contributed by atoms with van der Waals surface area (Å²) in [6, 6.07) is 1.18. The quantitative estimate of drug-likeness (QED) is 0.718. The van der Waals surface area contributed by atoms with Crippen LogP contribution in [0.5, 0.6) is 0 Å². The Hall–Kier alpha value is -0.750. The molecule has 3 saturated carbocycles. The van der Waals surface area contributed by atoms with Crippen molar-refractivity contribution >= 4 is 5.97 Å². The Balaban J connectivity index is 1.37. The maximum atomic E-state index is 12.7. The Morgan fingerprint density at radius 3 is 2.26 bits per heavy atom. The van der Waals surface area contributed by atoms with Gasteiger partial charge in [-0.3, -0.25) is 9.69 Å². The molecule has 0 unspecified atom stereocenters. The van der Waals surface area contributed by atoms with Crippen molar-refractivity contribution in [3.05, 3.63) is 0 Å². The Bertz CT molecular complexity index is 403. The molecule has 4 nitrogen and oxygen atoms in total. The summed E-state index contributed by atoms with van der Waals surface area (Å²) in [5.41, 5.74) is 0. The number of hydrogen-bond donors (Lipinski definition) is 2. The van der Waals surface area contributed by atoms with Crippen molar-refractivity contribution < 1.29 is 18.7 Å². The summed E-state index contributed by atoms with van der Waals surface area (Å²) in [5.74, 6) is -0.454. The van der Waals surface area contributed by atoms with E-state index in [1.54, 1.807) is 0 Å². The van der Waals surface area contributed by atoms with Crippen molar-refractivity contribution in [2.45, 2.75) is 75.9 Å². The van der Waals surface area contributed by atoms with Crippen LogP contribution in [0.15, 0.2) is 0 Å². The number of carbonyl (C=O) groups is 1. The number of rotatable bonds is 8. The van der Waals surface area contributed by atoms with Gasteiger partial charge in [0.1, 0.15) is 0 Å². The van der Waals surface area contributed by atoms with E-state index in [0.717, 1.165) is 32.2 Å². The predicted octanol–water partition coefficient (Wildman–Crippen LogP) is 2.73. The first kappa shape index (κ1) is 17.1. The molecular formula is C17H28F2N2O2. The summed E-state index contributed by atoms with van der Waals surface area (Å²) >= 11 is 0. The van der Waals surface area contributed by atoms with E-state index >= 15 is 0 Å².